The molecule has 0 bridgehead atoms. The number of sulfonamides is 1. The van der Waals surface area contributed by atoms with Crippen molar-refractivity contribution in [3.63, 3.8) is 0 Å². The molecule has 1 amide bonds. The van der Waals surface area contributed by atoms with Crippen LogP contribution in [0.5, 0.6) is 0 Å². The van der Waals surface area contributed by atoms with E-state index in [-0.39, 0.29) is 36.1 Å². The highest BCUT2D eigenvalue weighted by atomic mass is 32.2. The monoisotopic (exact) mass is 380 g/mol. The topological polar surface area (TPSA) is 106 Å². The van der Waals surface area contributed by atoms with Gasteiger partial charge in [0.1, 0.15) is 5.58 Å². The van der Waals surface area contributed by atoms with E-state index in [1.807, 2.05) is 0 Å². The van der Waals surface area contributed by atoms with Crippen molar-refractivity contribution in [2.24, 2.45) is 5.92 Å². The minimum absolute atomic E-state index is 0.116. The largest absolute Gasteiger partial charge is 0.451 e. The quantitative estimate of drug-likeness (QED) is 0.806. The summed E-state index contributed by atoms with van der Waals surface area (Å²) in [4.78, 5) is 24.6. The van der Waals surface area contributed by atoms with Crippen molar-refractivity contribution in [2.75, 3.05) is 33.1 Å². The van der Waals surface area contributed by atoms with E-state index in [1.165, 1.54) is 14.1 Å². The van der Waals surface area contributed by atoms with Crippen molar-refractivity contribution >= 4 is 26.9 Å². The zero-order valence-electron chi connectivity index (χ0n) is 14.5. The molecule has 3 rings (SSSR count). The molecule has 9 heteroatoms. The zero-order valence-corrected chi connectivity index (χ0v) is 15.3. The summed E-state index contributed by atoms with van der Waals surface area (Å²) in [6, 6.07) is 7.31. The highest BCUT2D eigenvalue weighted by Crippen LogP contribution is 2.18. The molecule has 1 saturated heterocycles. The number of rotatable bonds is 5. The van der Waals surface area contributed by atoms with Crippen LogP contribution in [0.25, 0.3) is 11.0 Å². The summed E-state index contributed by atoms with van der Waals surface area (Å²) in [5.74, 6) is -1.20. The molecule has 1 aliphatic rings. The normalized spacial score (nSPS) is 20.6. The molecule has 1 fully saturated rings. The molecule has 0 unspecified atom stereocenters. The number of fused-ring (bicyclic) bond motifs is 1. The van der Waals surface area contributed by atoms with E-state index in [0.717, 1.165) is 10.4 Å². The first-order valence-electron chi connectivity index (χ1n) is 8.09. The number of hydrogen-bond acceptors (Lipinski definition) is 6. The van der Waals surface area contributed by atoms with Crippen LogP contribution in [0.2, 0.25) is 0 Å². The maximum atomic E-state index is 12.5. The second kappa shape index (κ2) is 7.18. The number of amides is 1. The molecule has 8 nitrogen and oxygen atoms in total. The Kier molecular flexibility index (Phi) is 5.12. The third-order valence-corrected chi connectivity index (χ3v) is 6.32. The van der Waals surface area contributed by atoms with Crippen molar-refractivity contribution in [3.8, 4) is 0 Å². The Balaban J connectivity index is 1.78. The van der Waals surface area contributed by atoms with Gasteiger partial charge in [-0.15, -0.1) is 0 Å². The van der Waals surface area contributed by atoms with Gasteiger partial charge < -0.3 is 14.5 Å². The van der Waals surface area contributed by atoms with E-state index < -0.39 is 22.0 Å². The van der Waals surface area contributed by atoms with E-state index in [2.05, 4.69) is 5.32 Å². The Morgan fingerprint density at radius 1 is 1.27 bits per heavy atom. The van der Waals surface area contributed by atoms with Crippen LogP contribution in [0.4, 0.5) is 0 Å². The van der Waals surface area contributed by atoms with Crippen LogP contribution in [0.15, 0.2) is 39.5 Å². The zero-order chi connectivity index (χ0) is 18.9. The molecule has 1 aromatic heterocycles. The van der Waals surface area contributed by atoms with Crippen molar-refractivity contribution in [3.05, 3.63) is 46.3 Å². The fraction of sp³-hybridized carbons (Fsp3) is 0.412. The first kappa shape index (κ1) is 18.6. The molecule has 1 aliphatic heterocycles. The lowest BCUT2D eigenvalue weighted by atomic mass is 10.1. The van der Waals surface area contributed by atoms with Gasteiger partial charge in [-0.2, -0.15) is 0 Å². The number of nitrogens with one attached hydrogen (secondary N) is 1. The Morgan fingerprint density at radius 3 is 2.73 bits per heavy atom. The van der Waals surface area contributed by atoms with Crippen LogP contribution in [0, 0.1) is 5.92 Å². The third kappa shape index (κ3) is 3.79. The molecule has 140 valence electrons. The number of carbonyl (C=O) groups excluding carboxylic acids is 1. The molecule has 0 saturated carbocycles. The molecule has 0 radical (unpaired) electrons. The lowest BCUT2D eigenvalue weighted by Crippen LogP contribution is -2.43. The molecule has 0 aliphatic carbocycles. The van der Waals surface area contributed by atoms with Crippen LogP contribution in [0.3, 0.4) is 0 Å². The summed E-state index contributed by atoms with van der Waals surface area (Å²) < 4.78 is 36.1. The number of carbonyl (C=O) groups is 1. The van der Waals surface area contributed by atoms with Crippen LogP contribution < -0.4 is 10.7 Å². The number of para-hydroxylation sites is 1. The van der Waals surface area contributed by atoms with Gasteiger partial charge in [0.25, 0.3) is 5.91 Å². The first-order chi connectivity index (χ1) is 12.3. The Hall–Kier alpha value is -2.23. The molecular formula is C17H20N2O6S. The van der Waals surface area contributed by atoms with Gasteiger partial charge in [-0.1, -0.05) is 12.1 Å². The van der Waals surface area contributed by atoms with E-state index in [0.29, 0.717) is 11.0 Å². The lowest BCUT2D eigenvalue weighted by molar-refractivity contribution is 0.0898. The number of benzene rings is 1. The van der Waals surface area contributed by atoms with Gasteiger partial charge in [0, 0.05) is 26.1 Å². The standard InChI is InChI=1S/C17H20N2O6S/c1-19(2)26(22,23)10-11-8-24-9-13(11)18-17(21)16-7-14(20)12-5-3-4-6-15(12)25-16/h3-7,11,13H,8-10H2,1-2H3,(H,18,21)/t11-,13+/m0/s1. The summed E-state index contributed by atoms with van der Waals surface area (Å²) >= 11 is 0. The Bertz CT molecular complexity index is 982. The second-order valence-corrected chi connectivity index (χ2v) is 8.64. The summed E-state index contributed by atoms with van der Waals surface area (Å²) in [5.41, 5.74) is 0.00552. The predicted octanol–water partition coefficient (Wildman–Crippen LogP) is 0.429. The minimum atomic E-state index is -3.42. The van der Waals surface area contributed by atoms with E-state index in [1.54, 1.807) is 24.3 Å². The average Bonchev–Trinajstić information content (AvgIpc) is 3.00. The van der Waals surface area contributed by atoms with Crippen molar-refractivity contribution in [2.45, 2.75) is 6.04 Å². The summed E-state index contributed by atoms with van der Waals surface area (Å²) in [5, 5.41) is 3.11. The Labute approximate surface area is 150 Å². The molecule has 2 heterocycles. The Morgan fingerprint density at radius 2 is 2.00 bits per heavy atom. The average molecular weight is 380 g/mol. The number of nitrogens with zero attached hydrogens (tertiary/aromatic N) is 1. The molecular weight excluding hydrogens is 360 g/mol. The first-order valence-corrected chi connectivity index (χ1v) is 9.70. The van der Waals surface area contributed by atoms with Gasteiger partial charge in [-0.05, 0) is 12.1 Å². The maximum absolute atomic E-state index is 12.5. The molecule has 2 aromatic rings. The SMILES string of the molecule is CN(C)S(=O)(=O)C[C@@H]1COC[C@H]1NC(=O)c1cc(=O)c2ccccc2o1. The molecule has 1 aromatic carbocycles. The van der Waals surface area contributed by atoms with Crippen LogP contribution >= 0.6 is 0 Å². The highest BCUT2D eigenvalue weighted by molar-refractivity contribution is 7.89. The summed E-state index contributed by atoms with van der Waals surface area (Å²) in [6.45, 7) is 0.441. The highest BCUT2D eigenvalue weighted by Gasteiger charge is 2.34. The van der Waals surface area contributed by atoms with E-state index >= 15 is 0 Å². The van der Waals surface area contributed by atoms with Gasteiger partial charge in [0.2, 0.25) is 10.0 Å². The summed E-state index contributed by atoms with van der Waals surface area (Å²) in [7, 11) is -0.500. The van der Waals surface area contributed by atoms with Gasteiger partial charge in [0.05, 0.1) is 30.4 Å². The van der Waals surface area contributed by atoms with Crippen molar-refractivity contribution in [1.82, 2.24) is 9.62 Å². The third-order valence-electron chi connectivity index (χ3n) is 4.35. The molecule has 2 atom stereocenters. The number of hydrogen-bond donors (Lipinski definition) is 1. The maximum Gasteiger partial charge on any atom is 0.287 e. The van der Waals surface area contributed by atoms with Gasteiger partial charge in [-0.25, -0.2) is 12.7 Å². The smallest absolute Gasteiger partial charge is 0.287 e. The van der Waals surface area contributed by atoms with Gasteiger partial charge >= 0.3 is 0 Å². The van der Waals surface area contributed by atoms with Gasteiger partial charge in [-0.3, -0.25) is 9.59 Å². The molecule has 0 spiro atoms. The van der Waals surface area contributed by atoms with E-state index in [4.69, 9.17) is 9.15 Å². The second-order valence-electron chi connectivity index (χ2n) is 6.41. The molecule has 1 N–H and O–H groups in total. The van der Waals surface area contributed by atoms with E-state index in [9.17, 15) is 18.0 Å². The number of ether oxygens (including phenoxy) is 1. The fourth-order valence-electron chi connectivity index (χ4n) is 2.80. The van der Waals surface area contributed by atoms with Crippen molar-refractivity contribution in [1.29, 1.82) is 0 Å². The van der Waals surface area contributed by atoms with Crippen molar-refractivity contribution < 1.29 is 22.4 Å². The fourth-order valence-corrected chi connectivity index (χ4v) is 3.97. The molecule has 26 heavy (non-hydrogen) atoms. The lowest BCUT2D eigenvalue weighted by Gasteiger charge is -2.20. The summed E-state index contributed by atoms with van der Waals surface area (Å²) in [6.07, 6.45) is 0. The van der Waals surface area contributed by atoms with Gasteiger partial charge in [0.15, 0.2) is 11.2 Å². The minimum Gasteiger partial charge on any atom is -0.451 e. The predicted molar refractivity (Wildman–Crippen MR) is 95.5 cm³/mol. The van der Waals surface area contributed by atoms with Crippen LogP contribution in [-0.2, 0) is 14.8 Å². The van der Waals surface area contributed by atoms with Crippen LogP contribution in [-0.4, -0.2) is 57.7 Å². The van der Waals surface area contributed by atoms with Crippen LogP contribution in [0.1, 0.15) is 10.6 Å².